The molecule has 1 heterocycles. The average molecular weight is 271 g/mol. The first-order chi connectivity index (χ1) is 9.67. The quantitative estimate of drug-likeness (QED) is 0.477. The lowest BCUT2D eigenvalue weighted by atomic mass is 10.2. The summed E-state index contributed by atoms with van der Waals surface area (Å²) in [4.78, 5) is 7.90. The van der Waals surface area contributed by atoms with Crippen molar-refractivity contribution in [3.63, 3.8) is 0 Å². The number of anilines is 4. The molecule has 0 aliphatic rings. The Balaban J connectivity index is 2.44. The summed E-state index contributed by atoms with van der Waals surface area (Å²) in [6.07, 6.45) is 0. The van der Waals surface area contributed by atoms with Crippen molar-refractivity contribution in [1.82, 2.24) is 9.97 Å². The predicted octanol–water partition coefficient (Wildman–Crippen LogP) is 0.968. The third-order valence-electron chi connectivity index (χ3n) is 2.51. The standard InChI is InChI=1S/C12H13N7O/c1-20-8-4-2-3-7(6-13)11(8)16-9-5-10(19-15)18-12(14)17-9/h2-5H,15H2,1H3,(H4,14,16,17,18,19). The van der Waals surface area contributed by atoms with Gasteiger partial charge < -0.3 is 21.2 Å². The van der Waals surface area contributed by atoms with Crippen molar-refractivity contribution >= 4 is 23.3 Å². The molecular formula is C12H13N7O. The van der Waals surface area contributed by atoms with Gasteiger partial charge in [-0.2, -0.15) is 15.2 Å². The zero-order valence-corrected chi connectivity index (χ0v) is 10.7. The molecule has 1 aromatic heterocycles. The SMILES string of the molecule is COc1cccc(C#N)c1Nc1cc(NN)nc(N)n1. The lowest BCUT2D eigenvalue weighted by Crippen LogP contribution is -2.11. The van der Waals surface area contributed by atoms with Crippen LogP contribution in [0.2, 0.25) is 0 Å². The monoisotopic (exact) mass is 271 g/mol. The van der Waals surface area contributed by atoms with Crippen LogP contribution in [-0.2, 0) is 0 Å². The number of ether oxygens (including phenoxy) is 1. The fourth-order valence-electron chi connectivity index (χ4n) is 1.66. The van der Waals surface area contributed by atoms with Crippen LogP contribution in [0.3, 0.4) is 0 Å². The number of hydrogen-bond donors (Lipinski definition) is 4. The van der Waals surface area contributed by atoms with Gasteiger partial charge in [-0.15, -0.1) is 0 Å². The van der Waals surface area contributed by atoms with Gasteiger partial charge in [0.05, 0.1) is 12.7 Å². The highest BCUT2D eigenvalue weighted by molar-refractivity contribution is 5.72. The fourth-order valence-corrected chi connectivity index (χ4v) is 1.66. The molecule has 6 N–H and O–H groups in total. The van der Waals surface area contributed by atoms with E-state index in [1.54, 1.807) is 24.3 Å². The number of rotatable bonds is 4. The van der Waals surface area contributed by atoms with E-state index < -0.39 is 0 Å². The van der Waals surface area contributed by atoms with Crippen LogP contribution < -0.4 is 27.1 Å². The number of nitriles is 1. The molecule has 0 bridgehead atoms. The summed E-state index contributed by atoms with van der Waals surface area (Å²) < 4.78 is 5.22. The van der Waals surface area contributed by atoms with Crippen LogP contribution >= 0.6 is 0 Å². The van der Waals surface area contributed by atoms with Gasteiger partial charge in [-0.3, -0.25) is 0 Å². The van der Waals surface area contributed by atoms with Crippen molar-refractivity contribution in [3.8, 4) is 11.8 Å². The number of nitrogen functional groups attached to an aromatic ring is 2. The van der Waals surface area contributed by atoms with Crippen LogP contribution in [0.15, 0.2) is 24.3 Å². The lowest BCUT2D eigenvalue weighted by molar-refractivity contribution is 0.416. The highest BCUT2D eigenvalue weighted by atomic mass is 16.5. The Kier molecular flexibility index (Phi) is 3.83. The second-order valence-electron chi connectivity index (χ2n) is 3.76. The third kappa shape index (κ3) is 2.68. The van der Waals surface area contributed by atoms with Crippen LogP contribution in [0.25, 0.3) is 0 Å². The topological polar surface area (TPSA) is 135 Å². The number of nitrogens with zero attached hydrogens (tertiary/aromatic N) is 3. The molecule has 0 amide bonds. The molecule has 0 unspecified atom stereocenters. The zero-order chi connectivity index (χ0) is 14.5. The van der Waals surface area contributed by atoms with Gasteiger partial charge in [0, 0.05) is 6.07 Å². The van der Waals surface area contributed by atoms with Crippen LogP contribution in [0.4, 0.5) is 23.3 Å². The van der Waals surface area contributed by atoms with Crippen molar-refractivity contribution in [3.05, 3.63) is 29.8 Å². The number of hydrazine groups is 1. The molecule has 0 aliphatic carbocycles. The fraction of sp³-hybridized carbons (Fsp3) is 0.0833. The molecule has 20 heavy (non-hydrogen) atoms. The normalized spacial score (nSPS) is 9.65. The Morgan fingerprint density at radius 1 is 1.30 bits per heavy atom. The van der Waals surface area contributed by atoms with Crippen LogP contribution in [-0.4, -0.2) is 17.1 Å². The van der Waals surface area contributed by atoms with Gasteiger partial charge in [-0.25, -0.2) is 5.84 Å². The van der Waals surface area contributed by atoms with E-state index in [9.17, 15) is 0 Å². The molecule has 0 radical (unpaired) electrons. The summed E-state index contributed by atoms with van der Waals surface area (Å²) in [5, 5.41) is 12.1. The van der Waals surface area contributed by atoms with Crippen molar-refractivity contribution in [2.45, 2.75) is 0 Å². The molecule has 0 saturated heterocycles. The molecule has 1 aromatic carbocycles. The van der Waals surface area contributed by atoms with Gasteiger partial charge in [0.2, 0.25) is 5.95 Å². The molecule has 0 saturated carbocycles. The largest absolute Gasteiger partial charge is 0.495 e. The maximum atomic E-state index is 9.14. The molecule has 2 aromatic rings. The van der Waals surface area contributed by atoms with E-state index in [1.165, 1.54) is 7.11 Å². The Hall–Kier alpha value is -3.05. The summed E-state index contributed by atoms with van der Waals surface area (Å²) in [6.45, 7) is 0. The number of methoxy groups -OCH3 is 1. The van der Waals surface area contributed by atoms with Crippen molar-refractivity contribution in [2.24, 2.45) is 5.84 Å². The van der Waals surface area contributed by atoms with E-state index in [-0.39, 0.29) is 5.95 Å². The number of nitrogens with two attached hydrogens (primary N) is 2. The van der Waals surface area contributed by atoms with E-state index in [1.807, 2.05) is 0 Å². The number of hydrogen-bond acceptors (Lipinski definition) is 8. The molecule has 8 heteroatoms. The van der Waals surface area contributed by atoms with E-state index in [0.717, 1.165) is 0 Å². The highest BCUT2D eigenvalue weighted by Crippen LogP contribution is 2.30. The number of nitrogens with one attached hydrogen (secondary N) is 2. The zero-order valence-electron chi connectivity index (χ0n) is 10.7. The van der Waals surface area contributed by atoms with E-state index in [4.69, 9.17) is 21.6 Å². The van der Waals surface area contributed by atoms with Gasteiger partial charge in [0.25, 0.3) is 0 Å². The van der Waals surface area contributed by atoms with Crippen LogP contribution in [0, 0.1) is 11.3 Å². The molecule has 2 rings (SSSR count). The molecule has 0 atom stereocenters. The third-order valence-corrected chi connectivity index (χ3v) is 2.51. The summed E-state index contributed by atoms with van der Waals surface area (Å²) in [6, 6.07) is 8.76. The molecule has 8 nitrogen and oxygen atoms in total. The van der Waals surface area contributed by atoms with Crippen LogP contribution in [0.5, 0.6) is 5.75 Å². The molecular weight excluding hydrogens is 258 g/mol. The average Bonchev–Trinajstić information content (AvgIpc) is 2.46. The van der Waals surface area contributed by atoms with E-state index >= 15 is 0 Å². The van der Waals surface area contributed by atoms with Crippen molar-refractivity contribution in [2.75, 3.05) is 23.6 Å². The Bertz CT molecular complexity index is 665. The number of aromatic nitrogens is 2. The first-order valence-electron chi connectivity index (χ1n) is 5.63. The van der Waals surface area contributed by atoms with E-state index in [2.05, 4.69) is 26.8 Å². The van der Waals surface area contributed by atoms with Gasteiger partial charge in [0.15, 0.2) is 0 Å². The number of benzene rings is 1. The molecule has 0 aliphatic heterocycles. The minimum atomic E-state index is 0.0522. The number of para-hydroxylation sites is 1. The minimum absolute atomic E-state index is 0.0522. The second kappa shape index (κ2) is 5.73. The maximum absolute atomic E-state index is 9.14. The predicted molar refractivity (Wildman–Crippen MR) is 75.2 cm³/mol. The Morgan fingerprint density at radius 2 is 2.05 bits per heavy atom. The van der Waals surface area contributed by atoms with Gasteiger partial charge in [-0.05, 0) is 12.1 Å². The smallest absolute Gasteiger partial charge is 0.223 e. The van der Waals surface area contributed by atoms with Gasteiger partial charge in [-0.1, -0.05) is 6.07 Å². The van der Waals surface area contributed by atoms with Crippen LogP contribution in [0.1, 0.15) is 5.56 Å². The Labute approximate surface area is 115 Å². The van der Waals surface area contributed by atoms with Crippen molar-refractivity contribution < 1.29 is 4.74 Å². The molecule has 0 fully saturated rings. The van der Waals surface area contributed by atoms with Crippen molar-refractivity contribution in [1.29, 1.82) is 5.26 Å². The summed E-state index contributed by atoms with van der Waals surface area (Å²) in [7, 11) is 1.52. The first kappa shape index (κ1) is 13.4. The van der Waals surface area contributed by atoms with Gasteiger partial charge in [0.1, 0.15) is 29.1 Å². The first-order valence-corrected chi connectivity index (χ1v) is 5.63. The maximum Gasteiger partial charge on any atom is 0.223 e. The van der Waals surface area contributed by atoms with Gasteiger partial charge >= 0.3 is 0 Å². The molecule has 102 valence electrons. The Morgan fingerprint density at radius 3 is 2.70 bits per heavy atom. The second-order valence-corrected chi connectivity index (χ2v) is 3.76. The highest BCUT2D eigenvalue weighted by Gasteiger charge is 2.11. The summed E-state index contributed by atoms with van der Waals surface area (Å²) in [5.41, 5.74) is 8.88. The summed E-state index contributed by atoms with van der Waals surface area (Å²) >= 11 is 0. The minimum Gasteiger partial charge on any atom is -0.495 e. The molecule has 0 spiro atoms. The van der Waals surface area contributed by atoms with E-state index in [0.29, 0.717) is 28.6 Å². The summed E-state index contributed by atoms with van der Waals surface area (Å²) in [5.74, 6) is 6.61. The lowest BCUT2D eigenvalue weighted by Gasteiger charge is -2.12.